The Kier molecular flexibility index (Phi) is 2.93. The van der Waals surface area contributed by atoms with Gasteiger partial charge in [0.2, 0.25) is 0 Å². The van der Waals surface area contributed by atoms with E-state index < -0.39 is 0 Å². The van der Waals surface area contributed by atoms with E-state index in [9.17, 15) is 4.39 Å². The topological polar surface area (TPSA) is 59.4 Å². The number of imidazole rings is 1. The molecular formula is C16H11FN5. The third kappa shape index (κ3) is 2.14. The van der Waals surface area contributed by atoms with E-state index in [0.29, 0.717) is 0 Å². The standard InChI is InChI=1S/C16H11FN5/c17-13-4-1-11(2-5-13)16(22-10-18-8-21-22)12-3-6-14-15(7-12)20-9-19-14/h1-8,10,16H,(H,19,20). The van der Waals surface area contributed by atoms with Gasteiger partial charge in [-0.05, 0) is 35.4 Å². The zero-order valence-corrected chi connectivity index (χ0v) is 11.4. The summed E-state index contributed by atoms with van der Waals surface area (Å²) in [6, 6.07) is 12.1. The van der Waals surface area contributed by atoms with Gasteiger partial charge in [-0.1, -0.05) is 18.2 Å². The normalized spacial score (nSPS) is 12.6. The molecule has 0 spiro atoms. The van der Waals surface area contributed by atoms with E-state index in [2.05, 4.69) is 26.4 Å². The maximum Gasteiger partial charge on any atom is 0.174 e. The van der Waals surface area contributed by atoms with Crippen molar-refractivity contribution in [3.05, 3.63) is 78.4 Å². The van der Waals surface area contributed by atoms with Crippen LogP contribution in [0.15, 0.2) is 55.1 Å². The molecule has 1 atom stereocenters. The minimum absolute atomic E-state index is 0.191. The van der Waals surface area contributed by atoms with Crippen LogP contribution < -0.4 is 0 Å². The van der Waals surface area contributed by atoms with Crippen molar-refractivity contribution in [1.29, 1.82) is 0 Å². The number of hydrogen-bond donors (Lipinski definition) is 1. The van der Waals surface area contributed by atoms with Gasteiger partial charge in [0.1, 0.15) is 24.5 Å². The van der Waals surface area contributed by atoms with Crippen molar-refractivity contribution in [3.63, 3.8) is 0 Å². The SMILES string of the molecule is Fc1ccc(C(c2ccc3[nH][c]nc3c2)n2cncn2)cc1. The number of aromatic nitrogens is 5. The monoisotopic (exact) mass is 292 g/mol. The molecule has 0 aliphatic carbocycles. The average Bonchev–Trinajstić information content (AvgIpc) is 3.20. The summed E-state index contributed by atoms with van der Waals surface area (Å²) in [5.41, 5.74) is 3.65. The Hall–Kier alpha value is -3.02. The summed E-state index contributed by atoms with van der Waals surface area (Å²) in [6.07, 6.45) is 5.86. The van der Waals surface area contributed by atoms with E-state index in [-0.39, 0.29) is 11.9 Å². The molecule has 1 radical (unpaired) electrons. The number of rotatable bonds is 3. The molecule has 5 nitrogen and oxygen atoms in total. The molecule has 0 bridgehead atoms. The second kappa shape index (κ2) is 5.07. The molecule has 1 unspecified atom stereocenters. The Morgan fingerprint density at radius 1 is 1.09 bits per heavy atom. The molecular weight excluding hydrogens is 281 g/mol. The van der Waals surface area contributed by atoms with Gasteiger partial charge in [-0.3, -0.25) is 0 Å². The van der Waals surface area contributed by atoms with Crippen molar-refractivity contribution in [1.82, 2.24) is 24.7 Å². The van der Waals surface area contributed by atoms with Crippen LogP contribution in [0.4, 0.5) is 4.39 Å². The van der Waals surface area contributed by atoms with Crippen molar-refractivity contribution in [2.45, 2.75) is 6.04 Å². The first-order chi connectivity index (χ1) is 10.8. The van der Waals surface area contributed by atoms with Gasteiger partial charge in [0.25, 0.3) is 0 Å². The van der Waals surface area contributed by atoms with Crippen LogP contribution >= 0.6 is 0 Å². The fourth-order valence-corrected chi connectivity index (χ4v) is 2.56. The lowest BCUT2D eigenvalue weighted by molar-refractivity contribution is 0.589. The summed E-state index contributed by atoms with van der Waals surface area (Å²) in [7, 11) is 0. The molecule has 1 N–H and O–H groups in total. The highest BCUT2D eigenvalue weighted by Gasteiger charge is 2.18. The first kappa shape index (κ1) is 12.7. The highest BCUT2D eigenvalue weighted by molar-refractivity contribution is 5.75. The molecule has 0 aliphatic heterocycles. The quantitative estimate of drug-likeness (QED) is 0.631. The molecule has 107 valence electrons. The number of fused-ring (bicyclic) bond motifs is 1. The lowest BCUT2D eigenvalue weighted by atomic mass is 9.98. The Morgan fingerprint density at radius 2 is 1.91 bits per heavy atom. The van der Waals surface area contributed by atoms with Crippen LogP contribution in [0.3, 0.4) is 0 Å². The summed E-state index contributed by atoms with van der Waals surface area (Å²) in [6.45, 7) is 0. The lowest BCUT2D eigenvalue weighted by Gasteiger charge is -2.18. The fourth-order valence-electron chi connectivity index (χ4n) is 2.56. The number of halogens is 1. The van der Waals surface area contributed by atoms with Crippen molar-refractivity contribution < 1.29 is 4.39 Å². The third-order valence-electron chi connectivity index (χ3n) is 3.59. The molecule has 2 aromatic heterocycles. The van der Waals surface area contributed by atoms with Crippen molar-refractivity contribution in [2.24, 2.45) is 0 Å². The van der Waals surface area contributed by atoms with E-state index in [1.54, 1.807) is 23.1 Å². The zero-order chi connectivity index (χ0) is 14.9. The summed E-state index contributed by atoms with van der Waals surface area (Å²) < 4.78 is 14.9. The van der Waals surface area contributed by atoms with E-state index in [1.165, 1.54) is 18.5 Å². The number of nitrogens with zero attached hydrogens (tertiary/aromatic N) is 4. The predicted octanol–water partition coefficient (Wildman–Crippen LogP) is 2.73. The highest BCUT2D eigenvalue weighted by atomic mass is 19.1. The number of nitrogens with one attached hydrogen (secondary N) is 1. The van der Waals surface area contributed by atoms with Crippen LogP contribution in [0.2, 0.25) is 0 Å². The Bertz CT molecular complexity index is 896. The van der Waals surface area contributed by atoms with Gasteiger partial charge in [-0.25, -0.2) is 19.0 Å². The number of hydrogen-bond acceptors (Lipinski definition) is 3. The fraction of sp³-hybridized carbons (Fsp3) is 0.0625. The average molecular weight is 292 g/mol. The number of H-pyrrole nitrogens is 1. The zero-order valence-electron chi connectivity index (χ0n) is 11.4. The number of benzene rings is 2. The first-order valence-corrected chi connectivity index (χ1v) is 6.76. The molecule has 0 saturated heterocycles. The smallest absolute Gasteiger partial charge is 0.174 e. The van der Waals surface area contributed by atoms with Crippen LogP contribution in [-0.2, 0) is 0 Å². The van der Waals surface area contributed by atoms with Crippen LogP contribution in [-0.4, -0.2) is 24.7 Å². The molecule has 22 heavy (non-hydrogen) atoms. The first-order valence-electron chi connectivity index (χ1n) is 6.76. The van der Waals surface area contributed by atoms with Gasteiger partial charge in [0.15, 0.2) is 6.33 Å². The van der Waals surface area contributed by atoms with Crippen molar-refractivity contribution >= 4 is 11.0 Å². The minimum Gasteiger partial charge on any atom is -0.335 e. The molecule has 0 aliphatic rings. The third-order valence-corrected chi connectivity index (χ3v) is 3.59. The van der Waals surface area contributed by atoms with E-state index in [1.807, 2.05) is 18.2 Å². The predicted molar refractivity (Wildman–Crippen MR) is 78.6 cm³/mol. The van der Waals surface area contributed by atoms with Gasteiger partial charge in [-0.15, -0.1) is 0 Å². The second-order valence-corrected chi connectivity index (χ2v) is 4.95. The van der Waals surface area contributed by atoms with Crippen molar-refractivity contribution in [2.75, 3.05) is 0 Å². The van der Waals surface area contributed by atoms with Gasteiger partial charge < -0.3 is 4.98 Å². The molecule has 4 rings (SSSR count). The summed E-state index contributed by atoms with van der Waals surface area (Å²) in [4.78, 5) is 11.1. The van der Waals surface area contributed by atoms with Gasteiger partial charge in [0.05, 0.1) is 11.0 Å². The molecule has 0 fully saturated rings. The summed E-state index contributed by atoms with van der Waals surface area (Å²) in [5, 5.41) is 4.24. The minimum atomic E-state index is -0.265. The molecule has 2 heterocycles. The Morgan fingerprint density at radius 3 is 2.68 bits per heavy atom. The lowest BCUT2D eigenvalue weighted by Crippen LogP contribution is -2.13. The van der Waals surface area contributed by atoms with Gasteiger partial charge in [-0.2, -0.15) is 5.10 Å². The molecule has 0 amide bonds. The van der Waals surface area contributed by atoms with Crippen LogP contribution in [0.1, 0.15) is 17.2 Å². The molecule has 0 saturated carbocycles. The van der Waals surface area contributed by atoms with Gasteiger partial charge in [0, 0.05) is 0 Å². The van der Waals surface area contributed by atoms with Crippen LogP contribution in [0.25, 0.3) is 11.0 Å². The van der Waals surface area contributed by atoms with Crippen LogP contribution in [0.5, 0.6) is 0 Å². The largest absolute Gasteiger partial charge is 0.335 e. The summed E-state index contributed by atoms with van der Waals surface area (Å²) >= 11 is 0. The Labute approximate surface area is 125 Å². The summed E-state index contributed by atoms with van der Waals surface area (Å²) in [5.74, 6) is -0.265. The molecule has 4 aromatic rings. The maximum atomic E-state index is 13.2. The van der Waals surface area contributed by atoms with Crippen molar-refractivity contribution in [3.8, 4) is 0 Å². The Balaban J connectivity index is 1.87. The number of aromatic amines is 1. The van der Waals surface area contributed by atoms with Crippen LogP contribution in [0, 0.1) is 12.1 Å². The molecule has 2 aromatic carbocycles. The second-order valence-electron chi connectivity index (χ2n) is 4.95. The van der Waals surface area contributed by atoms with E-state index >= 15 is 0 Å². The van der Waals surface area contributed by atoms with E-state index in [0.717, 1.165) is 22.2 Å². The van der Waals surface area contributed by atoms with Gasteiger partial charge >= 0.3 is 0 Å². The van der Waals surface area contributed by atoms with E-state index in [4.69, 9.17) is 0 Å². The maximum absolute atomic E-state index is 13.2. The highest BCUT2D eigenvalue weighted by Crippen LogP contribution is 2.27. The molecule has 6 heteroatoms.